The van der Waals surface area contributed by atoms with E-state index in [-0.39, 0.29) is 24.5 Å². The Morgan fingerprint density at radius 3 is 2.34 bits per heavy atom. The number of ether oxygens (including phenoxy) is 1. The number of halogens is 3. The number of benzene rings is 2. The van der Waals surface area contributed by atoms with Crippen LogP contribution in [0.2, 0.25) is 0 Å². The lowest BCUT2D eigenvalue weighted by Gasteiger charge is -2.13. The van der Waals surface area contributed by atoms with Crippen LogP contribution < -0.4 is 15.4 Å². The van der Waals surface area contributed by atoms with E-state index in [1.807, 2.05) is 0 Å². The quantitative estimate of drug-likeness (QED) is 0.476. The van der Waals surface area contributed by atoms with Crippen molar-refractivity contribution in [2.75, 3.05) is 11.9 Å². The Kier molecular flexibility index (Phi) is 8.15. The van der Waals surface area contributed by atoms with Crippen molar-refractivity contribution < 1.29 is 28.6 Å². The second-order valence-electron chi connectivity index (χ2n) is 5.88. The molecule has 0 saturated carbocycles. The van der Waals surface area contributed by atoms with E-state index in [4.69, 9.17) is 9.84 Å². The third kappa shape index (κ3) is 6.82. The molecular formula is C19H17Br2FN2O5. The first-order valence-corrected chi connectivity index (χ1v) is 9.99. The SMILES string of the molecule is CCC(=O)Nc1cc(F)cc(COc2c(Br)cc(C(=O)NCC(=O)O)cc2Br)c1. The molecule has 0 spiro atoms. The van der Waals surface area contributed by atoms with Crippen molar-refractivity contribution in [3.63, 3.8) is 0 Å². The van der Waals surface area contributed by atoms with Crippen LogP contribution in [0.25, 0.3) is 0 Å². The lowest BCUT2D eigenvalue weighted by atomic mass is 10.2. The molecule has 0 fully saturated rings. The van der Waals surface area contributed by atoms with Crippen LogP contribution in [0.15, 0.2) is 39.3 Å². The number of hydrogen-bond acceptors (Lipinski definition) is 4. The molecule has 2 aromatic carbocycles. The maximum absolute atomic E-state index is 13.8. The van der Waals surface area contributed by atoms with Crippen molar-refractivity contribution in [2.24, 2.45) is 0 Å². The molecule has 0 bridgehead atoms. The molecule has 0 atom stereocenters. The predicted molar refractivity (Wildman–Crippen MR) is 111 cm³/mol. The number of carbonyl (C=O) groups is 3. The molecule has 2 rings (SSSR count). The van der Waals surface area contributed by atoms with Crippen molar-refractivity contribution in [2.45, 2.75) is 20.0 Å². The van der Waals surface area contributed by atoms with Gasteiger partial charge in [0.1, 0.15) is 24.7 Å². The van der Waals surface area contributed by atoms with Gasteiger partial charge in [-0.15, -0.1) is 0 Å². The van der Waals surface area contributed by atoms with Crippen LogP contribution in [0.3, 0.4) is 0 Å². The lowest BCUT2D eigenvalue weighted by molar-refractivity contribution is -0.135. The summed E-state index contributed by atoms with van der Waals surface area (Å²) in [6.07, 6.45) is 0.272. The first-order valence-electron chi connectivity index (χ1n) is 8.40. The number of aliphatic carboxylic acids is 1. The first kappa shape index (κ1) is 22.8. The number of rotatable bonds is 8. The topological polar surface area (TPSA) is 105 Å². The molecule has 0 heterocycles. The zero-order valence-corrected chi connectivity index (χ0v) is 18.4. The highest BCUT2D eigenvalue weighted by Gasteiger charge is 2.15. The molecule has 154 valence electrons. The lowest BCUT2D eigenvalue weighted by Crippen LogP contribution is -2.29. The number of hydrogen-bond donors (Lipinski definition) is 3. The smallest absolute Gasteiger partial charge is 0.322 e. The Balaban J connectivity index is 2.14. The molecule has 7 nitrogen and oxygen atoms in total. The zero-order chi connectivity index (χ0) is 21.6. The number of carboxylic acid groups (broad SMARTS) is 1. The molecule has 0 aliphatic heterocycles. The molecule has 0 unspecified atom stereocenters. The second kappa shape index (κ2) is 10.4. The molecule has 0 radical (unpaired) electrons. The average Bonchev–Trinajstić information content (AvgIpc) is 2.64. The van der Waals surface area contributed by atoms with Gasteiger partial charge in [0.2, 0.25) is 5.91 Å². The van der Waals surface area contributed by atoms with Crippen molar-refractivity contribution >= 4 is 55.3 Å². The number of carbonyl (C=O) groups excluding carboxylic acids is 2. The molecule has 0 saturated heterocycles. The van der Waals surface area contributed by atoms with Crippen LogP contribution in [0.5, 0.6) is 5.75 Å². The molecule has 2 amide bonds. The standard InChI is InChI=1S/C19H17Br2FN2O5/c1-2-16(25)24-13-4-10(3-12(22)7-13)9-29-18-14(20)5-11(6-15(18)21)19(28)23-8-17(26)27/h3-7H,2,8-9H2,1H3,(H,23,28)(H,24,25)(H,26,27). The van der Waals surface area contributed by atoms with Crippen molar-refractivity contribution in [1.29, 1.82) is 0 Å². The van der Waals surface area contributed by atoms with E-state index >= 15 is 0 Å². The first-order chi connectivity index (χ1) is 13.7. The number of anilines is 1. The molecule has 0 aliphatic rings. The van der Waals surface area contributed by atoms with Gasteiger partial charge in [-0.2, -0.15) is 0 Å². The fourth-order valence-corrected chi connectivity index (χ4v) is 3.71. The normalized spacial score (nSPS) is 10.3. The van der Waals surface area contributed by atoms with Crippen LogP contribution >= 0.6 is 31.9 Å². The van der Waals surface area contributed by atoms with E-state index in [0.29, 0.717) is 25.9 Å². The van der Waals surface area contributed by atoms with Gasteiger partial charge < -0.3 is 20.5 Å². The van der Waals surface area contributed by atoms with Gasteiger partial charge in [0.05, 0.1) is 8.95 Å². The summed E-state index contributed by atoms with van der Waals surface area (Å²) < 4.78 is 20.4. The van der Waals surface area contributed by atoms with E-state index in [0.717, 1.165) is 0 Å². The minimum absolute atomic E-state index is 0.00845. The molecule has 0 aliphatic carbocycles. The van der Waals surface area contributed by atoms with Gasteiger partial charge in [0, 0.05) is 17.7 Å². The summed E-state index contributed by atoms with van der Waals surface area (Å²) in [5.74, 6) is -2.07. The Hall–Kier alpha value is -2.46. The summed E-state index contributed by atoms with van der Waals surface area (Å²) in [5, 5.41) is 13.5. The van der Waals surface area contributed by atoms with E-state index in [1.54, 1.807) is 13.0 Å². The summed E-state index contributed by atoms with van der Waals surface area (Å²) in [5.41, 5.74) is 1.06. The average molecular weight is 532 g/mol. The highest BCUT2D eigenvalue weighted by atomic mass is 79.9. The van der Waals surface area contributed by atoms with Crippen molar-refractivity contribution in [3.05, 3.63) is 56.2 Å². The Morgan fingerprint density at radius 1 is 1.10 bits per heavy atom. The highest BCUT2D eigenvalue weighted by Crippen LogP contribution is 2.35. The predicted octanol–water partition coefficient (Wildman–Crippen LogP) is 4.09. The van der Waals surface area contributed by atoms with Crippen molar-refractivity contribution in [3.8, 4) is 5.75 Å². The fraction of sp³-hybridized carbons (Fsp3) is 0.211. The second-order valence-corrected chi connectivity index (χ2v) is 7.59. The molecule has 0 aromatic heterocycles. The number of amides is 2. The van der Waals surface area contributed by atoms with Crippen molar-refractivity contribution in [1.82, 2.24) is 5.32 Å². The third-order valence-electron chi connectivity index (χ3n) is 3.61. The minimum Gasteiger partial charge on any atom is -0.487 e. The van der Waals surface area contributed by atoms with E-state index in [2.05, 4.69) is 42.5 Å². The molecule has 3 N–H and O–H groups in total. The van der Waals surface area contributed by atoms with Crippen LogP contribution in [0.4, 0.5) is 10.1 Å². The van der Waals surface area contributed by atoms with E-state index in [1.165, 1.54) is 24.3 Å². The Morgan fingerprint density at radius 2 is 1.76 bits per heavy atom. The maximum atomic E-state index is 13.8. The van der Waals surface area contributed by atoms with Gasteiger partial charge in [0.25, 0.3) is 5.91 Å². The number of nitrogens with one attached hydrogen (secondary N) is 2. The third-order valence-corrected chi connectivity index (χ3v) is 4.78. The molecule has 10 heteroatoms. The van der Waals surface area contributed by atoms with Gasteiger partial charge >= 0.3 is 5.97 Å². The van der Waals surface area contributed by atoms with Gasteiger partial charge in [-0.3, -0.25) is 14.4 Å². The van der Waals surface area contributed by atoms with Gasteiger partial charge in [-0.25, -0.2) is 4.39 Å². The van der Waals surface area contributed by atoms with Crippen LogP contribution in [0, 0.1) is 5.82 Å². The van der Waals surface area contributed by atoms with Gasteiger partial charge in [-0.1, -0.05) is 6.92 Å². The molecular weight excluding hydrogens is 515 g/mol. The molecule has 2 aromatic rings. The van der Waals surface area contributed by atoms with Crippen LogP contribution in [-0.4, -0.2) is 29.4 Å². The fourth-order valence-electron chi connectivity index (χ4n) is 2.30. The van der Waals surface area contributed by atoms with Crippen LogP contribution in [0.1, 0.15) is 29.3 Å². The van der Waals surface area contributed by atoms with Crippen LogP contribution in [-0.2, 0) is 16.2 Å². The zero-order valence-electron chi connectivity index (χ0n) is 15.2. The maximum Gasteiger partial charge on any atom is 0.322 e. The summed E-state index contributed by atoms with van der Waals surface area (Å²) in [7, 11) is 0. The Bertz CT molecular complexity index is 929. The monoisotopic (exact) mass is 530 g/mol. The van der Waals surface area contributed by atoms with Gasteiger partial charge in [-0.05, 0) is 67.8 Å². The largest absolute Gasteiger partial charge is 0.487 e. The van der Waals surface area contributed by atoms with E-state index < -0.39 is 24.2 Å². The summed E-state index contributed by atoms with van der Waals surface area (Å²) in [4.78, 5) is 34.1. The minimum atomic E-state index is -1.15. The highest BCUT2D eigenvalue weighted by molar-refractivity contribution is 9.11. The summed E-state index contributed by atoms with van der Waals surface area (Å²) in [6.45, 7) is 1.20. The summed E-state index contributed by atoms with van der Waals surface area (Å²) in [6, 6.07) is 7.07. The van der Waals surface area contributed by atoms with Gasteiger partial charge in [0.15, 0.2) is 0 Å². The molecule has 29 heavy (non-hydrogen) atoms. The van der Waals surface area contributed by atoms with E-state index in [9.17, 15) is 18.8 Å². The Labute approximate surface area is 182 Å². The summed E-state index contributed by atoms with van der Waals surface area (Å²) >= 11 is 6.62. The number of carboxylic acids is 1.